The molecule has 4 amide bonds. The number of aromatic nitrogens is 3. The Hall–Kier alpha value is -2.45. The smallest absolute Gasteiger partial charge is 0.322 e. The third kappa shape index (κ3) is 1.74. The molecule has 0 saturated carbocycles. The van der Waals surface area contributed by atoms with E-state index in [1.807, 2.05) is 0 Å². The summed E-state index contributed by atoms with van der Waals surface area (Å²) < 4.78 is 0. The lowest BCUT2D eigenvalue weighted by Gasteiger charge is -2.20. The van der Waals surface area contributed by atoms with Crippen LogP contribution in [0.25, 0.3) is 0 Å². The number of nitrogens with one attached hydrogen (secondary N) is 3. The summed E-state index contributed by atoms with van der Waals surface area (Å²) in [6.45, 7) is 2.21. The number of likely N-dealkylation sites (tertiary alicyclic amines) is 1. The van der Waals surface area contributed by atoms with Crippen molar-refractivity contribution in [3.05, 3.63) is 11.6 Å². The molecule has 2 aliphatic heterocycles. The Kier molecular flexibility index (Phi) is 2.31. The highest BCUT2D eigenvalue weighted by atomic mass is 16.2. The summed E-state index contributed by atoms with van der Waals surface area (Å²) in [5, 5.41) is 11.2. The zero-order valence-electron chi connectivity index (χ0n) is 10.2. The first-order valence-electron chi connectivity index (χ1n) is 5.82. The third-order valence-corrected chi connectivity index (χ3v) is 3.36. The molecule has 9 nitrogen and oxygen atoms in total. The summed E-state index contributed by atoms with van der Waals surface area (Å²) in [5.74, 6) is -0.127. The van der Waals surface area contributed by atoms with E-state index in [-0.39, 0.29) is 24.2 Å². The average Bonchev–Trinajstić information content (AvgIpc) is 3.01. The predicted octanol–water partition coefficient (Wildman–Crippen LogP) is -1.46. The van der Waals surface area contributed by atoms with Gasteiger partial charge in [0.25, 0.3) is 11.8 Å². The second kappa shape index (κ2) is 3.77. The Morgan fingerprint density at radius 2 is 2.21 bits per heavy atom. The minimum absolute atomic E-state index is 0.0688. The maximum atomic E-state index is 12.1. The fraction of sp³-hybridized carbons (Fsp3) is 0.500. The molecule has 3 rings (SSSR count). The SMILES string of the molecule is Cc1nc(C(=O)N2CCC3(C2)NC(=O)NC3=O)n[nH]1. The molecule has 9 heteroatoms. The van der Waals surface area contributed by atoms with Crippen LogP contribution in [0.3, 0.4) is 0 Å². The highest BCUT2D eigenvalue weighted by Crippen LogP contribution is 2.25. The molecule has 2 aliphatic rings. The van der Waals surface area contributed by atoms with E-state index in [0.717, 1.165) is 0 Å². The lowest BCUT2D eigenvalue weighted by molar-refractivity contribution is -0.123. The first kappa shape index (κ1) is 11.6. The lowest BCUT2D eigenvalue weighted by atomic mass is 10.00. The van der Waals surface area contributed by atoms with E-state index in [4.69, 9.17) is 0 Å². The molecule has 0 bridgehead atoms. The van der Waals surface area contributed by atoms with Crippen molar-refractivity contribution in [2.24, 2.45) is 0 Å². The van der Waals surface area contributed by atoms with Crippen molar-refractivity contribution in [3.63, 3.8) is 0 Å². The molecule has 0 aliphatic carbocycles. The molecule has 1 aromatic rings. The van der Waals surface area contributed by atoms with Crippen LogP contribution in [0.2, 0.25) is 0 Å². The number of H-pyrrole nitrogens is 1. The number of rotatable bonds is 1. The number of carbonyl (C=O) groups excluding carboxylic acids is 3. The van der Waals surface area contributed by atoms with E-state index in [9.17, 15) is 14.4 Å². The highest BCUT2D eigenvalue weighted by molar-refractivity contribution is 6.08. The van der Waals surface area contributed by atoms with Gasteiger partial charge in [0, 0.05) is 6.54 Å². The molecule has 19 heavy (non-hydrogen) atoms. The molecular formula is C10H12N6O3. The average molecular weight is 264 g/mol. The fourth-order valence-corrected chi connectivity index (χ4v) is 2.38. The largest absolute Gasteiger partial charge is 0.333 e. The van der Waals surface area contributed by atoms with Gasteiger partial charge in [-0.2, -0.15) is 0 Å². The summed E-state index contributed by atoms with van der Waals surface area (Å²) in [6, 6.07) is -0.520. The van der Waals surface area contributed by atoms with Crippen LogP contribution < -0.4 is 10.6 Å². The summed E-state index contributed by atoms with van der Waals surface area (Å²) in [6.07, 6.45) is 0.389. The van der Waals surface area contributed by atoms with Gasteiger partial charge in [0.2, 0.25) is 5.82 Å². The van der Waals surface area contributed by atoms with Gasteiger partial charge in [-0.15, -0.1) is 5.10 Å². The van der Waals surface area contributed by atoms with Crippen molar-refractivity contribution in [1.82, 2.24) is 30.7 Å². The zero-order valence-corrected chi connectivity index (χ0v) is 10.2. The third-order valence-electron chi connectivity index (χ3n) is 3.36. The van der Waals surface area contributed by atoms with Crippen LogP contribution in [-0.2, 0) is 4.79 Å². The first-order chi connectivity index (χ1) is 9.00. The lowest BCUT2D eigenvalue weighted by Crippen LogP contribution is -2.49. The number of amides is 4. The van der Waals surface area contributed by atoms with Crippen LogP contribution in [0.5, 0.6) is 0 Å². The van der Waals surface area contributed by atoms with E-state index in [0.29, 0.717) is 18.8 Å². The number of hydrogen-bond acceptors (Lipinski definition) is 5. The van der Waals surface area contributed by atoms with Crippen LogP contribution in [0.15, 0.2) is 0 Å². The molecule has 2 fully saturated rings. The van der Waals surface area contributed by atoms with Gasteiger partial charge < -0.3 is 10.2 Å². The molecular weight excluding hydrogens is 252 g/mol. The summed E-state index contributed by atoms with van der Waals surface area (Å²) in [7, 11) is 0. The predicted molar refractivity (Wildman–Crippen MR) is 61.0 cm³/mol. The van der Waals surface area contributed by atoms with Crippen LogP contribution in [0, 0.1) is 6.92 Å². The van der Waals surface area contributed by atoms with E-state index in [1.54, 1.807) is 6.92 Å². The van der Waals surface area contributed by atoms with E-state index in [1.165, 1.54) is 4.90 Å². The molecule has 1 spiro atoms. The maximum Gasteiger partial charge on any atom is 0.322 e. The first-order valence-corrected chi connectivity index (χ1v) is 5.82. The Labute approximate surface area is 107 Å². The molecule has 1 unspecified atom stereocenters. The second-order valence-electron chi connectivity index (χ2n) is 4.71. The van der Waals surface area contributed by atoms with Gasteiger partial charge in [0.15, 0.2) is 0 Å². The number of hydrogen-bond donors (Lipinski definition) is 3. The molecule has 2 saturated heterocycles. The number of nitrogens with zero attached hydrogens (tertiary/aromatic N) is 3. The number of aryl methyl sites for hydroxylation is 1. The van der Waals surface area contributed by atoms with Crippen molar-refractivity contribution in [1.29, 1.82) is 0 Å². The van der Waals surface area contributed by atoms with Crippen LogP contribution >= 0.6 is 0 Å². The van der Waals surface area contributed by atoms with E-state index < -0.39 is 11.6 Å². The topological polar surface area (TPSA) is 120 Å². The highest BCUT2D eigenvalue weighted by Gasteiger charge is 2.52. The molecule has 3 N–H and O–H groups in total. The molecule has 1 atom stereocenters. The Bertz CT molecular complexity index is 582. The quantitative estimate of drug-likeness (QED) is 0.535. The van der Waals surface area contributed by atoms with Gasteiger partial charge in [-0.25, -0.2) is 9.78 Å². The monoisotopic (exact) mass is 264 g/mol. The minimum atomic E-state index is -1.00. The Morgan fingerprint density at radius 3 is 2.79 bits per heavy atom. The van der Waals surface area contributed by atoms with Gasteiger partial charge in [-0.05, 0) is 13.3 Å². The molecule has 1 aromatic heterocycles. The number of imide groups is 1. The maximum absolute atomic E-state index is 12.1. The van der Waals surface area contributed by atoms with Gasteiger partial charge in [0.05, 0.1) is 6.54 Å². The molecule has 100 valence electrons. The van der Waals surface area contributed by atoms with Crippen LogP contribution in [0.4, 0.5) is 4.79 Å². The minimum Gasteiger partial charge on any atom is -0.333 e. The van der Waals surface area contributed by atoms with Crippen LogP contribution in [-0.4, -0.2) is 56.6 Å². The summed E-state index contributed by atoms with van der Waals surface area (Å²) >= 11 is 0. The number of urea groups is 1. The van der Waals surface area contributed by atoms with E-state index in [2.05, 4.69) is 25.8 Å². The molecule has 3 heterocycles. The number of carbonyl (C=O) groups is 3. The fourth-order valence-electron chi connectivity index (χ4n) is 2.38. The normalized spacial score (nSPS) is 25.8. The molecule has 0 radical (unpaired) electrons. The summed E-state index contributed by atoms with van der Waals surface area (Å²) in [4.78, 5) is 40.5. The summed E-state index contributed by atoms with van der Waals surface area (Å²) in [5.41, 5.74) is -1.00. The Balaban J connectivity index is 1.78. The molecule has 0 aromatic carbocycles. The zero-order chi connectivity index (χ0) is 13.6. The van der Waals surface area contributed by atoms with Gasteiger partial charge >= 0.3 is 6.03 Å². The number of aromatic amines is 1. The van der Waals surface area contributed by atoms with Crippen molar-refractivity contribution in [2.75, 3.05) is 13.1 Å². The standard InChI is InChI=1S/C10H12N6O3/c1-5-11-6(15-14-5)7(17)16-3-2-10(4-16)8(18)12-9(19)13-10/h2-4H2,1H3,(H,11,14,15)(H2,12,13,18,19). The van der Waals surface area contributed by atoms with Crippen molar-refractivity contribution >= 4 is 17.8 Å². The Morgan fingerprint density at radius 1 is 1.42 bits per heavy atom. The van der Waals surface area contributed by atoms with Gasteiger partial charge in [0.1, 0.15) is 11.4 Å². The van der Waals surface area contributed by atoms with E-state index >= 15 is 0 Å². The van der Waals surface area contributed by atoms with Crippen molar-refractivity contribution in [2.45, 2.75) is 18.9 Å². The van der Waals surface area contributed by atoms with Gasteiger partial charge in [-0.3, -0.25) is 20.0 Å². The van der Waals surface area contributed by atoms with Crippen molar-refractivity contribution < 1.29 is 14.4 Å². The van der Waals surface area contributed by atoms with Crippen LogP contribution in [0.1, 0.15) is 22.9 Å². The van der Waals surface area contributed by atoms with Crippen molar-refractivity contribution in [3.8, 4) is 0 Å². The van der Waals surface area contributed by atoms with Gasteiger partial charge in [-0.1, -0.05) is 0 Å². The second-order valence-corrected chi connectivity index (χ2v) is 4.71.